The normalized spacial score (nSPS) is 14.1. The fourth-order valence-electron chi connectivity index (χ4n) is 3.12. The first-order valence-electron chi connectivity index (χ1n) is 7.42. The molecule has 0 aliphatic carbocycles. The molecule has 7 heteroatoms. The summed E-state index contributed by atoms with van der Waals surface area (Å²) in [7, 11) is 0. The van der Waals surface area contributed by atoms with Gasteiger partial charge in [0.25, 0.3) is 0 Å². The Morgan fingerprint density at radius 3 is 2.83 bits per heavy atom. The van der Waals surface area contributed by atoms with Gasteiger partial charge in [0, 0.05) is 21.2 Å². The molecule has 0 unspecified atom stereocenters. The van der Waals surface area contributed by atoms with Crippen LogP contribution in [0.25, 0.3) is 10.9 Å². The van der Waals surface area contributed by atoms with Crippen molar-refractivity contribution < 1.29 is 4.39 Å². The molecular weight excluding hydrogens is 463 g/mol. The van der Waals surface area contributed by atoms with Crippen LogP contribution in [0.3, 0.4) is 0 Å². The molecule has 0 spiro atoms. The number of hydrogen-bond donors (Lipinski definition) is 0. The van der Waals surface area contributed by atoms with Gasteiger partial charge in [-0.05, 0) is 76.9 Å². The van der Waals surface area contributed by atoms with E-state index in [9.17, 15) is 4.39 Å². The van der Waals surface area contributed by atoms with Crippen molar-refractivity contribution in [2.45, 2.75) is 12.8 Å². The molecule has 0 fully saturated rings. The average Bonchev–Trinajstić information content (AvgIpc) is 2.55. The molecule has 1 aliphatic rings. The van der Waals surface area contributed by atoms with Crippen molar-refractivity contribution in [3.05, 3.63) is 55.6 Å². The van der Waals surface area contributed by atoms with Crippen molar-refractivity contribution in [3.8, 4) is 0 Å². The van der Waals surface area contributed by atoms with Crippen molar-refractivity contribution in [1.29, 1.82) is 0 Å². The Kier molecular flexibility index (Phi) is 4.26. The summed E-state index contributed by atoms with van der Waals surface area (Å²) < 4.78 is 15.1. The van der Waals surface area contributed by atoms with Gasteiger partial charge in [-0.2, -0.15) is 4.98 Å². The summed E-state index contributed by atoms with van der Waals surface area (Å²) in [6.07, 6.45) is 2.00. The number of aromatic nitrogens is 2. The minimum Gasteiger partial charge on any atom is -0.325 e. The third-order valence-corrected chi connectivity index (χ3v) is 5.59. The van der Waals surface area contributed by atoms with Gasteiger partial charge in [-0.1, -0.05) is 17.7 Å². The molecule has 0 radical (unpaired) electrons. The number of rotatable bonds is 1. The Bertz CT molecular complexity index is 964. The van der Waals surface area contributed by atoms with E-state index in [0.717, 1.165) is 25.1 Å². The maximum atomic E-state index is 13.9. The van der Waals surface area contributed by atoms with E-state index in [4.69, 9.17) is 23.2 Å². The molecule has 0 N–H and O–H groups in total. The lowest BCUT2D eigenvalue weighted by atomic mass is 10.0. The molecular formula is C17H11Cl2FIN3. The van der Waals surface area contributed by atoms with E-state index in [0.29, 0.717) is 16.7 Å². The number of fused-ring (bicyclic) bond motifs is 2. The molecule has 3 nitrogen and oxygen atoms in total. The molecule has 4 rings (SSSR count). The minimum atomic E-state index is -0.417. The summed E-state index contributed by atoms with van der Waals surface area (Å²) in [5.41, 5.74) is 2.81. The zero-order valence-electron chi connectivity index (χ0n) is 12.4. The van der Waals surface area contributed by atoms with Crippen molar-refractivity contribution in [3.63, 3.8) is 0 Å². The number of nitrogens with zero attached hydrogens (tertiary/aromatic N) is 3. The largest absolute Gasteiger partial charge is 0.325 e. The van der Waals surface area contributed by atoms with Gasteiger partial charge in [0.05, 0.1) is 10.5 Å². The highest BCUT2D eigenvalue weighted by Gasteiger charge is 2.24. The summed E-state index contributed by atoms with van der Waals surface area (Å²) >= 11 is 14.6. The van der Waals surface area contributed by atoms with Crippen LogP contribution in [0.4, 0.5) is 15.9 Å². The molecule has 2 aromatic carbocycles. The van der Waals surface area contributed by atoms with Gasteiger partial charge < -0.3 is 4.90 Å². The van der Waals surface area contributed by atoms with Crippen LogP contribution in [0.15, 0.2) is 30.3 Å². The highest BCUT2D eigenvalue weighted by atomic mass is 127. The maximum absolute atomic E-state index is 13.9. The highest BCUT2D eigenvalue weighted by molar-refractivity contribution is 14.1. The Labute approximate surface area is 161 Å². The van der Waals surface area contributed by atoms with Gasteiger partial charge in [-0.25, -0.2) is 9.37 Å². The van der Waals surface area contributed by atoms with E-state index in [1.165, 1.54) is 21.3 Å². The number of anilines is 2. The predicted molar refractivity (Wildman–Crippen MR) is 104 cm³/mol. The van der Waals surface area contributed by atoms with E-state index in [2.05, 4.69) is 49.6 Å². The van der Waals surface area contributed by atoms with Crippen LogP contribution in [-0.4, -0.2) is 16.5 Å². The quantitative estimate of drug-likeness (QED) is 0.332. The summed E-state index contributed by atoms with van der Waals surface area (Å²) in [6, 6.07) is 8.81. The zero-order chi connectivity index (χ0) is 16.8. The number of benzene rings is 2. The first-order chi connectivity index (χ1) is 11.5. The van der Waals surface area contributed by atoms with E-state index < -0.39 is 5.82 Å². The summed E-state index contributed by atoms with van der Waals surface area (Å²) in [4.78, 5) is 10.6. The molecule has 3 aromatic rings. The molecule has 1 aliphatic heterocycles. The fourth-order valence-corrected chi connectivity index (χ4v) is 4.29. The second kappa shape index (κ2) is 6.28. The molecule has 0 saturated carbocycles. The molecule has 0 amide bonds. The summed E-state index contributed by atoms with van der Waals surface area (Å²) in [5, 5.41) is 0.898. The molecule has 1 aromatic heterocycles. The Morgan fingerprint density at radius 2 is 2.00 bits per heavy atom. The van der Waals surface area contributed by atoms with Gasteiger partial charge >= 0.3 is 0 Å². The van der Waals surface area contributed by atoms with Crippen molar-refractivity contribution in [2.75, 3.05) is 11.4 Å². The molecule has 24 heavy (non-hydrogen) atoms. The van der Waals surface area contributed by atoms with Crippen LogP contribution in [0.2, 0.25) is 10.3 Å². The first kappa shape index (κ1) is 16.3. The van der Waals surface area contributed by atoms with E-state index in [1.807, 2.05) is 6.07 Å². The Hall–Kier alpha value is -1.18. The molecule has 0 atom stereocenters. The van der Waals surface area contributed by atoms with Crippen molar-refractivity contribution >= 4 is 68.2 Å². The van der Waals surface area contributed by atoms with Crippen LogP contribution in [0.1, 0.15) is 12.0 Å². The van der Waals surface area contributed by atoms with Crippen molar-refractivity contribution in [2.24, 2.45) is 0 Å². The number of hydrogen-bond acceptors (Lipinski definition) is 3. The van der Waals surface area contributed by atoms with E-state index >= 15 is 0 Å². The predicted octanol–water partition coefficient (Wildman–Crippen LogP) is 5.76. The second-order valence-electron chi connectivity index (χ2n) is 5.59. The topological polar surface area (TPSA) is 29.0 Å². The lowest BCUT2D eigenvalue weighted by molar-refractivity contribution is 0.629. The van der Waals surface area contributed by atoms with Crippen LogP contribution >= 0.6 is 45.8 Å². The van der Waals surface area contributed by atoms with Crippen molar-refractivity contribution in [1.82, 2.24) is 9.97 Å². The fraction of sp³-hybridized carbons (Fsp3) is 0.176. The van der Waals surface area contributed by atoms with Gasteiger partial charge in [0.2, 0.25) is 5.28 Å². The molecule has 0 bridgehead atoms. The smallest absolute Gasteiger partial charge is 0.224 e. The Balaban J connectivity index is 2.00. The maximum Gasteiger partial charge on any atom is 0.224 e. The summed E-state index contributed by atoms with van der Waals surface area (Å²) in [6.45, 7) is 0.781. The standard InChI is InChI=1S/C17H11Cl2FIN3/c18-12-8-9(20)7-11-15(12)22-17(19)23-16(11)24-6-2-3-10-13(21)4-1-5-14(10)24/h1,4-5,7-8H,2-3,6H2. The van der Waals surface area contributed by atoms with Gasteiger partial charge in [-0.3, -0.25) is 0 Å². The van der Waals surface area contributed by atoms with E-state index in [1.54, 1.807) is 0 Å². The lowest BCUT2D eigenvalue weighted by Crippen LogP contribution is -2.26. The number of halogens is 4. The van der Waals surface area contributed by atoms with Crippen LogP contribution < -0.4 is 4.90 Å². The monoisotopic (exact) mass is 473 g/mol. The molecule has 0 saturated heterocycles. The lowest BCUT2D eigenvalue weighted by Gasteiger charge is -2.31. The summed E-state index contributed by atoms with van der Waals surface area (Å²) in [5.74, 6) is 0.175. The first-order valence-corrected chi connectivity index (χ1v) is 9.25. The second-order valence-corrected chi connectivity index (χ2v) is 7.50. The van der Waals surface area contributed by atoms with Crippen LogP contribution in [-0.2, 0) is 6.42 Å². The SMILES string of the molecule is Fc1cc(Cl)c2nc(Cl)nc(N3CCCc4c(I)cccc43)c2c1. The third-order valence-electron chi connectivity index (χ3n) is 4.12. The Morgan fingerprint density at radius 1 is 1.17 bits per heavy atom. The zero-order valence-corrected chi connectivity index (χ0v) is 16.0. The highest BCUT2D eigenvalue weighted by Crippen LogP contribution is 2.39. The van der Waals surface area contributed by atoms with Crippen LogP contribution in [0, 0.1) is 9.39 Å². The minimum absolute atomic E-state index is 0.101. The van der Waals surface area contributed by atoms with Gasteiger partial charge in [0.15, 0.2) is 0 Å². The molecule has 122 valence electrons. The average molecular weight is 474 g/mol. The van der Waals surface area contributed by atoms with Gasteiger partial charge in [-0.15, -0.1) is 0 Å². The third kappa shape index (κ3) is 2.72. The molecule has 2 heterocycles. The van der Waals surface area contributed by atoms with Crippen LogP contribution in [0.5, 0.6) is 0 Å². The van der Waals surface area contributed by atoms with E-state index in [-0.39, 0.29) is 10.3 Å². The van der Waals surface area contributed by atoms with Gasteiger partial charge in [0.1, 0.15) is 11.6 Å².